The number of hydrogen-bond donors (Lipinski definition) is 0. The lowest BCUT2D eigenvalue weighted by atomic mass is 9.82. The van der Waals surface area contributed by atoms with Crippen molar-refractivity contribution in [2.75, 3.05) is 14.2 Å². The van der Waals surface area contributed by atoms with Gasteiger partial charge in [-0.05, 0) is 25.2 Å². The Bertz CT molecular complexity index is 283. The molecule has 1 aliphatic carbocycles. The zero-order chi connectivity index (χ0) is 12.0. The van der Waals surface area contributed by atoms with Crippen molar-refractivity contribution in [1.29, 1.82) is 0 Å². The van der Waals surface area contributed by atoms with E-state index in [-0.39, 0.29) is 24.3 Å². The summed E-state index contributed by atoms with van der Waals surface area (Å²) < 4.78 is 9.33. The predicted molar refractivity (Wildman–Crippen MR) is 58.6 cm³/mol. The van der Waals surface area contributed by atoms with Crippen molar-refractivity contribution in [3.63, 3.8) is 0 Å². The fourth-order valence-electron chi connectivity index (χ4n) is 2.00. The van der Waals surface area contributed by atoms with E-state index in [1.165, 1.54) is 14.2 Å². The first kappa shape index (κ1) is 12.7. The van der Waals surface area contributed by atoms with Gasteiger partial charge in [-0.15, -0.1) is 0 Å². The smallest absolute Gasteiger partial charge is 0.309 e. The summed E-state index contributed by atoms with van der Waals surface area (Å²) in [4.78, 5) is 22.8. The van der Waals surface area contributed by atoms with E-state index in [4.69, 9.17) is 4.74 Å². The molecule has 16 heavy (non-hydrogen) atoms. The molecule has 0 bridgehead atoms. The fraction of sp³-hybridized carbons (Fsp3) is 0.667. The van der Waals surface area contributed by atoms with Crippen LogP contribution in [-0.4, -0.2) is 26.2 Å². The van der Waals surface area contributed by atoms with Gasteiger partial charge in [0, 0.05) is 0 Å². The minimum atomic E-state index is -0.408. The average Bonchev–Trinajstić information content (AvgIpc) is 2.35. The maximum atomic E-state index is 11.6. The van der Waals surface area contributed by atoms with E-state index in [9.17, 15) is 9.59 Å². The van der Waals surface area contributed by atoms with Crippen LogP contribution in [0.1, 0.15) is 25.7 Å². The van der Waals surface area contributed by atoms with Gasteiger partial charge < -0.3 is 9.47 Å². The second-order valence-corrected chi connectivity index (χ2v) is 3.93. The second-order valence-electron chi connectivity index (χ2n) is 3.93. The zero-order valence-corrected chi connectivity index (χ0v) is 9.77. The molecule has 2 atom stereocenters. The largest absolute Gasteiger partial charge is 0.469 e. The van der Waals surface area contributed by atoms with Gasteiger partial charge in [0.25, 0.3) is 0 Å². The van der Waals surface area contributed by atoms with E-state index in [1.807, 2.05) is 6.08 Å². The Morgan fingerprint density at radius 1 is 1.38 bits per heavy atom. The monoisotopic (exact) mass is 226 g/mol. The number of carbonyl (C=O) groups excluding carboxylic acids is 2. The fourth-order valence-corrected chi connectivity index (χ4v) is 2.00. The zero-order valence-electron chi connectivity index (χ0n) is 9.77. The van der Waals surface area contributed by atoms with Crippen molar-refractivity contribution in [1.82, 2.24) is 0 Å². The molecular formula is C12H18O4. The van der Waals surface area contributed by atoms with Crippen LogP contribution in [0.15, 0.2) is 12.2 Å². The molecule has 4 heteroatoms. The predicted octanol–water partition coefficient (Wildman–Crippen LogP) is 1.70. The Balaban J connectivity index is 2.69. The van der Waals surface area contributed by atoms with Crippen molar-refractivity contribution in [2.24, 2.45) is 11.8 Å². The molecule has 0 aliphatic heterocycles. The SMILES string of the molecule is COC(=O)CC(C(=O)OC)C1C=CCCC1. The Hall–Kier alpha value is -1.32. The van der Waals surface area contributed by atoms with Crippen LogP contribution in [0.4, 0.5) is 0 Å². The minimum absolute atomic E-state index is 0.0954. The standard InChI is InChI=1S/C12H18O4/c1-15-11(13)8-10(12(14)16-2)9-6-4-3-5-7-9/h4,6,9-10H,3,5,7-8H2,1-2H3. The number of allylic oxidation sites excluding steroid dienone is 2. The van der Waals surface area contributed by atoms with E-state index in [2.05, 4.69) is 10.8 Å². The van der Waals surface area contributed by atoms with Crippen LogP contribution in [0.25, 0.3) is 0 Å². The van der Waals surface area contributed by atoms with Crippen LogP contribution in [0, 0.1) is 11.8 Å². The number of esters is 2. The third kappa shape index (κ3) is 3.36. The lowest BCUT2D eigenvalue weighted by Gasteiger charge is -2.23. The maximum absolute atomic E-state index is 11.6. The Morgan fingerprint density at radius 3 is 2.62 bits per heavy atom. The summed E-state index contributed by atoms with van der Waals surface area (Å²) in [5.41, 5.74) is 0. The summed E-state index contributed by atoms with van der Waals surface area (Å²) in [5, 5.41) is 0. The maximum Gasteiger partial charge on any atom is 0.309 e. The van der Waals surface area contributed by atoms with Gasteiger partial charge in [0.1, 0.15) is 0 Å². The topological polar surface area (TPSA) is 52.6 Å². The first-order chi connectivity index (χ1) is 7.69. The van der Waals surface area contributed by atoms with Crippen molar-refractivity contribution >= 4 is 11.9 Å². The summed E-state index contributed by atoms with van der Waals surface area (Å²) in [6.07, 6.45) is 7.18. The van der Waals surface area contributed by atoms with Gasteiger partial charge in [0.05, 0.1) is 26.6 Å². The molecule has 0 amide bonds. The van der Waals surface area contributed by atoms with E-state index in [0.717, 1.165) is 19.3 Å². The molecule has 0 N–H and O–H groups in total. The van der Waals surface area contributed by atoms with E-state index in [1.54, 1.807) is 0 Å². The van der Waals surface area contributed by atoms with E-state index >= 15 is 0 Å². The highest BCUT2D eigenvalue weighted by atomic mass is 16.5. The quantitative estimate of drug-likeness (QED) is 0.540. The van der Waals surface area contributed by atoms with Gasteiger partial charge in [0.2, 0.25) is 0 Å². The molecule has 0 saturated carbocycles. The first-order valence-electron chi connectivity index (χ1n) is 5.50. The molecule has 2 unspecified atom stereocenters. The Labute approximate surface area is 95.6 Å². The Kier molecular flexibility index (Phi) is 5.02. The molecule has 4 nitrogen and oxygen atoms in total. The summed E-state index contributed by atoms with van der Waals surface area (Å²) in [6, 6.07) is 0. The minimum Gasteiger partial charge on any atom is -0.469 e. The highest BCUT2D eigenvalue weighted by Gasteiger charge is 2.30. The Morgan fingerprint density at radius 2 is 2.12 bits per heavy atom. The van der Waals surface area contributed by atoms with Crippen LogP contribution >= 0.6 is 0 Å². The highest BCUT2D eigenvalue weighted by Crippen LogP contribution is 2.28. The number of hydrogen-bond acceptors (Lipinski definition) is 4. The van der Waals surface area contributed by atoms with Crippen molar-refractivity contribution in [2.45, 2.75) is 25.7 Å². The van der Waals surface area contributed by atoms with Gasteiger partial charge in [-0.2, -0.15) is 0 Å². The molecule has 0 saturated heterocycles. The molecule has 0 aromatic heterocycles. The number of methoxy groups -OCH3 is 2. The second kappa shape index (κ2) is 6.30. The normalized spacial score (nSPS) is 21.2. The number of carbonyl (C=O) groups is 2. The van der Waals surface area contributed by atoms with Crippen LogP contribution in [0.5, 0.6) is 0 Å². The van der Waals surface area contributed by atoms with Crippen molar-refractivity contribution < 1.29 is 19.1 Å². The molecule has 0 aromatic rings. The van der Waals surface area contributed by atoms with Crippen LogP contribution < -0.4 is 0 Å². The van der Waals surface area contributed by atoms with Crippen molar-refractivity contribution in [3.8, 4) is 0 Å². The van der Waals surface area contributed by atoms with E-state index in [0.29, 0.717) is 0 Å². The highest BCUT2D eigenvalue weighted by molar-refractivity contribution is 5.80. The first-order valence-corrected chi connectivity index (χ1v) is 5.50. The number of ether oxygens (including phenoxy) is 2. The van der Waals surface area contributed by atoms with Crippen LogP contribution in [0.2, 0.25) is 0 Å². The summed E-state index contributed by atoms with van der Waals surface area (Å²) in [5.74, 6) is -1.01. The molecule has 1 rings (SSSR count). The summed E-state index contributed by atoms with van der Waals surface area (Å²) in [7, 11) is 2.67. The average molecular weight is 226 g/mol. The molecule has 0 radical (unpaired) electrons. The van der Waals surface area contributed by atoms with Gasteiger partial charge >= 0.3 is 11.9 Å². The molecule has 0 heterocycles. The molecule has 0 aromatic carbocycles. The van der Waals surface area contributed by atoms with Gasteiger partial charge in [0.15, 0.2) is 0 Å². The number of rotatable bonds is 4. The molecule has 90 valence electrons. The summed E-state index contributed by atoms with van der Waals surface area (Å²) >= 11 is 0. The molecule has 1 aliphatic rings. The lowest BCUT2D eigenvalue weighted by molar-refractivity contribution is -0.153. The molecule has 0 fully saturated rings. The van der Waals surface area contributed by atoms with Gasteiger partial charge in [-0.3, -0.25) is 9.59 Å². The third-order valence-corrected chi connectivity index (χ3v) is 2.93. The van der Waals surface area contributed by atoms with Crippen LogP contribution in [0.3, 0.4) is 0 Å². The van der Waals surface area contributed by atoms with Gasteiger partial charge in [-0.1, -0.05) is 12.2 Å². The third-order valence-electron chi connectivity index (χ3n) is 2.93. The van der Waals surface area contributed by atoms with Crippen molar-refractivity contribution in [3.05, 3.63) is 12.2 Å². The van der Waals surface area contributed by atoms with E-state index < -0.39 is 5.92 Å². The van der Waals surface area contributed by atoms with Gasteiger partial charge in [-0.25, -0.2) is 0 Å². The molecule has 0 spiro atoms. The van der Waals surface area contributed by atoms with Crippen LogP contribution in [-0.2, 0) is 19.1 Å². The summed E-state index contributed by atoms with van der Waals surface area (Å²) in [6.45, 7) is 0. The lowest BCUT2D eigenvalue weighted by Crippen LogP contribution is -2.28. The molecular weight excluding hydrogens is 208 g/mol.